The Morgan fingerprint density at radius 2 is 1.98 bits per heavy atom. The van der Waals surface area contributed by atoms with Gasteiger partial charge in [-0.1, -0.05) is 29.8 Å². The van der Waals surface area contributed by atoms with E-state index in [1.54, 1.807) is 24.1 Å². The number of nitrogens with zero attached hydrogens (tertiary/aromatic N) is 4. The maximum atomic E-state index is 14.5. The molecule has 2 amide bonds. The third kappa shape index (κ3) is 6.85. The van der Waals surface area contributed by atoms with E-state index in [1.807, 2.05) is 18.2 Å². The summed E-state index contributed by atoms with van der Waals surface area (Å²) in [5, 5.41) is 5.13. The second-order valence-corrected chi connectivity index (χ2v) is 17.5. The number of fused-ring (bicyclic) bond motifs is 4. The lowest BCUT2D eigenvalue weighted by molar-refractivity contribution is 0.0132. The molecule has 3 aliphatic carbocycles. The van der Waals surface area contributed by atoms with Crippen LogP contribution >= 0.6 is 11.6 Å². The van der Waals surface area contributed by atoms with Gasteiger partial charge in [0.25, 0.3) is 11.8 Å². The highest BCUT2D eigenvalue weighted by Crippen LogP contribution is 2.47. The SMILES string of the molecule is COc1nn(C2CC2)cc1C(=O)N[S@@]1(=O)=NC(=O)c2ccc3c(c2)N(C[C@@H]2CC[C@H]2[C@@H](OC)/C=C/CCC1)C[C@@]1(CCCc2cc(Cl)ccc21)CO3. The molecule has 3 heterocycles. The Morgan fingerprint density at radius 3 is 2.75 bits per heavy atom. The van der Waals surface area contributed by atoms with Crippen LogP contribution in [0, 0.1) is 11.8 Å². The van der Waals surface area contributed by atoms with Crippen molar-refractivity contribution in [1.82, 2.24) is 14.5 Å². The predicted molar refractivity (Wildman–Crippen MR) is 200 cm³/mol. The molecule has 13 heteroatoms. The number of benzene rings is 2. The van der Waals surface area contributed by atoms with Crippen molar-refractivity contribution in [3.63, 3.8) is 0 Å². The standard InChI is InChI=1S/C39H46ClN5O6S/c1-49-34-8-4-3-5-18-52(48,43-37(47)31-22-45(29-12-13-29)41-38(31)50-2)42-36(46)26-10-16-35-33(20-26)44(21-27-9-14-30(27)34)23-39(24-51-35)17-6-7-25-19-28(40)11-15-32(25)39/h4,8,10-11,15-16,19-20,22,27,29-30,34H,3,5-7,9,12-14,17-18,21,23-24H2,1-2H3,(H,42,43,46,47,48)/b8-4+/t27-,30+,34-,39-,52-/m0/s1. The maximum Gasteiger partial charge on any atom is 0.286 e. The number of anilines is 1. The molecule has 2 aliphatic heterocycles. The first-order valence-corrected chi connectivity index (χ1v) is 20.5. The Hall–Kier alpha value is -3.87. The molecule has 2 aromatic carbocycles. The zero-order valence-corrected chi connectivity index (χ0v) is 31.3. The van der Waals surface area contributed by atoms with Crippen molar-refractivity contribution in [2.24, 2.45) is 16.2 Å². The van der Waals surface area contributed by atoms with Crippen molar-refractivity contribution in [3.05, 3.63) is 82.0 Å². The van der Waals surface area contributed by atoms with Gasteiger partial charge in [0.15, 0.2) is 0 Å². The molecule has 2 bridgehead atoms. The summed E-state index contributed by atoms with van der Waals surface area (Å²) in [6.45, 7) is 1.99. The van der Waals surface area contributed by atoms with E-state index in [4.69, 9.17) is 25.8 Å². The van der Waals surface area contributed by atoms with Gasteiger partial charge in [0.2, 0.25) is 5.88 Å². The van der Waals surface area contributed by atoms with E-state index in [0.717, 1.165) is 62.2 Å². The molecule has 0 radical (unpaired) electrons. The van der Waals surface area contributed by atoms with Gasteiger partial charge in [0.1, 0.15) is 21.2 Å². The lowest BCUT2D eigenvalue weighted by atomic mass is 9.68. The second kappa shape index (κ2) is 14.2. The first-order valence-electron chi connectivity index (χ1n) is 18.4. The van der Waals surface area contributed by atoms with Gasteiger partial charge in [-0.2, -0.15) is 0 Å². The summed E-state index contributed by atoms with van der Waals surface area (Å²) in [4.78, 5) is 30.0. The highest BCUT2D eigenvalue weighted by molar-refractivity contribution is 7.92. The van der Waals surface area contributed by atoms with Crippen molar-refractivity contribution in [3.8, 4) is 11.6 Å². The van der Waals surface area contributed by atoms with E-state index in [2.05, 4.69) is 43.4 Å². The number of hydrogen-bond acceptors (Lipinski definition) is 8. The lowest BCUT2D eigenvalue weighted by Crippen LogP contribution is -2.49. The summed E-state index contributed by atoms with van der Waals surface area (Å²) in [6.07, 6.45) is 13.8. The second-order valence-electron chi connectivity index (χ2n) is 15.0. The van der Waals surface area contributed by atoms with Crippen molar-refractivity contribution < 1.29 is 28.0 Å². The number of carbonyl (C=O) groups excluding carboxylic acids is 2. The quantitative estimate of drug-likeness (QED) is 0.286. The fourth-order valence-corrected chi connectivity index (χ4v) is 10.3. The lowest BCUT2D eigenvalue weighted by Gasteiger charge is -2.46. The van der Waals surface area contributed by atoms with E-state index in [1.165, 1.54) is 18.2 Å². The fraction of sp³-hybridized carbons (Fsp3) is 0.513. The van der Waals surface area contributed by atoms with E-state index in [-0.39, 0.29) is 40.3 Å². The molecular weight excluding hydrogens is 702 g/mol. The number of nitrogens with one attached hydrogen (secondary N) is 1. The number of halogens is 1. The van der Waals surface area contributed by atoms with Crippen LogP contribution in [0.2, 0.25) is 5.02 Å². The van der Waals surface area contributed by atoms with Gasteiger partial charge >= 0.3 is 0 Å². The fourth-order valence-electron chi connectivity index (χ4n) is 8.52. The number of aromatic nitrogens is 2. The molecule has 0 unspecified atom stereocenters. The molecule has 0 saturated heterocycles. The Bertz CT molecular complexity index is 2040. The minimum absolute atomic E-state index is 0.0102. The van der Waals surface area contributed by atoms with Crippen molar-refractivity contribution >= 4 is 39.0 Å². The molecule has 8 rings (SSSR count). The summed E-state index contributed by atoms with van der Waals surface area (Å²) < 4.78 is 41.2. The maximum absolute atomic E-state index is 14.5. The van der Waals surface area contributed by atoms with Crippen LogP contribution in [0.1, 0.15) is 89.3 Å². The predicted octanol–water partition coefficient (Wildman–Crippen LogP) is 6.70. The number of carbonyl (C=O) groups is 2. The van der Waals surface area contributed by atoms with E-state index in [9.17, 15) is 13.8 Å². The summed E-state index contributed by atoms with van der Waals surface area (Å²) in [5.41, 5.74) is 3.52. The number of methoxy groups -OCH3 is 2. The molecule has 52 heavy (non-hydrogen) atoms. The molecule has 2 fully saturated rings. The van der Waals surface area contributed by atoms with Gasteiger partial charge in [-0.15, -0.1) is 9.46 Å². The highest BCUT2D eigenvalue weighted by Gasteiger charge is 2.44. The van der Waals surface area contributed by atoms with Crippen LogP contribution in [-0.4, -0.2) is 71.6 Å². The molecule has 1 spiro atoms. The summed E-state index contributed by atoms with van der Waals surface area (Å²) in [6, 6.07) is 11.8. The summed E-state index contributed by atoms with van der Waals surface area (Å²) in [7, 11) is -0.347. The van der Waals surface area contributed by atoms with Crippen LogP contribution < -0.4 is 19.1 Å². The number of aryl methyl sites for hydroxylation is 1. The molecule has 5 atom stereocenters. The first kappa shape index (κ1) is 35.2. The molecule has 1 N–H and O–H groups in total. The van der Waals surface area contributed by atoms with Gasteiger partial charge in [-0.3, -0.25) is 19.0 Å². The van der Waals surface area contributed by atoms with Gasteiger partial charge in [0, 0.05) is 42.4 Å². The van der Waals surface area contributed by atoms with E-state index in [0.29, 0.717) is 43.6 Å². The van der Waals surface area contributed by atoms with Crippen LogP contribution in [0.15, 0.2) is 59.1 Å². The van der Waals surface area contributed by atoms with Gasteiger partial charge < -0.3 is 19.1 Å². The molecule has 2 saturated carbocycles. The van der Waals surface area contributed by atoms with Crippen LogP contribution in [0.3, 0.4) is 0 Å². The summed E-state index contributed by atoms with van der Waals surface area (Å²) in [5.74, 6) is 0.248. The van der Waals surface area contributed by atoms with Crippen LogP contribution in [0.4, 0.5) is 5.69 Å². The third-order valence-corrected chi connectivity index (χ3v) is 13.6. The first-order chi connectivity index (χ1) is 25.2. The highest BCUT2D eigenvalue weighted by atomic mass is 35.5. The largest absolute Gasteiger partial charge is 0.490 e. The number of amides is 2. The number of ether oxygens (including phenoxy) is 3. The average molecular weight is 748 g/mol. The monoisotopic (exact) mass is 747 g/mol. The van der Waals surface area contributed by atoms with Crippen molar-refractivity contribution in [2.75, 3.05) is 44.6 Å². The smallest absolute Gasteiger partial charge is 0.286 e. The van der Waals surface area contributed by atoms with E-state index >= 15 is 0 Å². The number of rotatable bonds is 5. The van der Waals surface area contributed by atoms with Gasteiger partial charge in [-0.05, 0) is 111 Å². The zero-order valence-electron chi connectivity index (χ0n) is 29.7. The van der Waals surface area contributed by atoms with Gasteiger partial charge in [-0.25, -0.2) is 4.21 Å². The minimum Gasteiger partial charge on any atom is -0.490 e. The molecular formula is C39H46ClN5O6S. The molecule has 3 aromatic rings. The normalized spacial score (nSPS) is 29.4. The molecule has 1 aromatic heterocycles. The topological polar surface area (TPSA) is 124 Å². The van der Waals surface area contributed by atoms with Crippen LogP contribution in [-0.2, 0) is 26.5 Å². The summed E-state index contributed by atoms with van der Waals surface area (Å²) >= 11 is 6.46. The van der Waals surface area contributed by atoms with Crippen molar-refractivity contribution in [2.45, 2.75) is 75.3 Å². The molecule has 276 valence electrons. The Kier molecular flexibility index (Phi) is 9.59. The van der Waals surface area contributed by atoms with Crippen molar-refractivity contribution in [1.29, 1.82) is 0 Å². The number of hydrogen-bond donors (Lipinski definition) is 1. The van der Waals surface area contributed by atoms with Crippen LogP contribution in [0.5, 0.6) is 11.6 Å². The Labute approximate surface area is 310 Å². The Morgan fingerprint density at radius 1 is 1.12 bits per heavy atom. The molecule has 5 aliphatic rings. The minimum atomic E-state index is -3.55. The molecule has 11 nitrogen and oxygen atoms in total. The number of allylic oxidation sites excluding steroid dienone is 1. The van der Waals surface area contributed by atoms with Gasteiger partial charge in [0.05, 0.1) is 37.3 Å². The zero-order chi connectivity index (χ0) is 36.0. The van der Waals surface area contributed by atoms with E-state index < -0.39 is 21.7 Å². The third-order valence-electron chi connectivity index (χ3n) is 11.6. The Balaban J connectivity index is 1.17. The average Bonchev–Trinajstić information content (AvgIpc) is 3.90. The van der Waals surface area contributed by atoms with Crippen LogP contribution in [0.25, 0.3) is 0 Å².